The Morgan fingerprint density at radius 3 is 2.94 bits per heavy atom. The number of carbonyl (C=O) groups excluding carboxylic acids is 1. The Morgan fingerprint density at radius 2 is 2.29 bits per heavy atom. The number of hydrogen-bond acceptors (Lipinski definition) is 3. The Balaban J connectivity index is 2.01. The molecular weight excluding hydrogens is 214 g/mol. The summed E-state index contributed by atoms with van der Waals surface area (Å²) in [7, 11) is 0. The molecule has 1 atom stereocenters. The fourth-order valence-electron chi connectivity index (χ4n) is 1.53. The van der Waals surface area contributed by atoms with Crippen LogP contribution in [0.3, 0.4) is 0 Å². The van der Waals surface area contributed by atoms with E-state index in [1.54, 1.807) is 12.4 Å². The molecule has 17 heavy (non-hydrogen) atoms. The summed E-state index contributed by atoms with van der Waals surface area (Å²) in [6, 6.07) is 2.63. The Bertz CT molecular complexity index is 401. The molecule has 1 saturated carbocycles. The molecule has 4 nitrogen and oxygen atoms in total. The molecule has 1 heterocycles. The molecule has 1 amide bonds. The van der Waals surface area contributed by atoms with Crippen LogP contribution in [0.1, 0.15) is 43.5 Å². The third kappa shape index (κ3) is 3.44. The highest BCUT2D eigenvalue weighted by Gasteiger charge is 2.23. The van der Waals surface area contributed by atoms with Crippen molar-refractivity contribution in [2.45, 2.75) is 45.2 Å². The van der Waals surface area contributed by atoms with Gasteiger partial charge in [0, 0.05) is 24.5 Å². The van der Waals surface area contributed by atoms with Crippen molar-refractivity contribution in [1.82, 2.24) is 10.3 Å². The largest absolute Gasteiger partial charge is 0.381 e. The number of carbonyl (C=O) groups is 1. The Hall–Kier alpha value is -1.58. The zero-order valence-corrected chi connectivity index (χ0v) is 10.4. The maximum Gasteiger partial charge on any atom is 0.253 e. The number of nitrogens with one attached hydrogen (secondary N) is 2. The first kappa shape index (κ1) is 11.9. The summed E-state index contributed by atoms with van der Waals surface area (Å²) in [4.78, 5) is 15.9. The molecule has 92 valence electrons. The Kier molecular flexibility index (Phi) is 3.61. The fourth-order valence-corrected chi connectivity index (χ4v) is 1.53. The summed E-state index contributed by atoms with van der Waals surface area (Å²) >= 11 is 0. The van der Waals surface area contributed by atoms with Crippen LogP contribution in [0.25, 0.3) is 0 Å². The Labute approximate surface area is 102 Å². The summed E-state index contributed by atoms with van der Waals surface area (Å²) in [6.07, 6.45) is 6.60. The lowest BCUT2D eigenvalue weighted by Crippen LogP contribution is -2.25. The standard InChI is InChI=1S/C13H19N3O/c1-3-9(2)15-12-6-10(7-14-8-12)13(17)16-11-4-5-11/h6-9,11,15H,3-5H2,1-2H3,(H,16,17). The average Bonchev–Trinajstić information content (AvgIpc) is 3.13. The monoisotopic (exact) mass is 233 g/mol. The quantitative estimate of drug-likeness (QED) is 0.819. The van der Waals surface area contributed by atoms with Gasteiger partial charge in [-0.15, -0.1) is 0 Å². The fraction of sp³-hybridized carbons (Fsp3) is 0.538. The van der Waals surface area contributed by atoms with E-state index in [4.69, 9.17) is 0 Å². The van der Waals surface area contributed by atoms with Crippen molar-refractivity contribution in [1.29, 1.82) is 0 Å². The van der Waals surface area contributed by atoms with Crippen LogP contribution in [0.15, 0.2) is 18.5 Å². The van der Waals surface area contributed by atoms with E-state index >= 15 is 0 Å². The second kappa shape index (κ2) is 5.17. The van der Waals surface area contributed by atoms with Gasteiger partial charge in [-0.1, -0.05) is 6.92 Å². The van der Waals surface area contributed by atoms with Gasteiger partial charge in [-0.3, -0.25) is 9.78 Å². The highest BCUT2D eigenvalue weighted by molar-refractivity contribution is 5.95. The Morgan fingerprint density at radius 1 is 1.53 bits per heavy atom. The van der Waals surface area contributed by atoms with Gasteiger partial charge in [0.1, 0.15) is 0 Å². The van der Waals surface area contributed by atoms with Gasteiger partial charge in [0.05, 0.1) is 11.3 Å². The molecule has 4 heteroatoms. The topological polar surface area (TPSA) is 54.0 Å². The molecular formula is C13H19N3O. The predicted octanol–water partition coefficient (Wildman–Crippen LogP) is 2.18. The summed E-state index contributed by atoms with van der Waals surface area (Å²) in [5.41, 5.74) is 1.54. The SMILES string of the molecule is CCC(C)Nc1cncc(C(=O)NC2CC2)c1. The second-order valence-corrected chi connectivity index (χ2v) is 4.66. The maximum atomic E-state index is 11.8. The highest BCUT2D eigenvalue weighted by Crippen LogP contribution is 2.19. The maximum absolute atomic E-state index is 11.8. The zero-order chi connectivity index (χ0) is 12.3. The van der Waals surface area contributed by atoms with Crippen molar-refractivity contribution < 1.29 is 4.79 Å². The average molecular weight is 233 g/mol. The normalized spacial score (nSPS) is 16.4. The minimum Gasteiger partial charge on any atom is -0.381 e. The summed E-state index contributed by atoms with van der Waals surface area (Å²) in [5.74, 6) is -0.0206. The number of rotatable bonds is 5. The van der Waals surface area contributed by atoms with Gasteiger partial charge in [-0.2, -0.15) is 0 Å². The summed E-state index contributed by atoms with van der Waals surface area (Å²) in [5, 5.41) is 6.27. The third-order valence-corrected chi connectivity index (χ3v) is 2.94. The summed E-state index contributed by atoms with van der Waals surface area (Å²) in [6.45, 7) is 4.23. The minimum atomic E-state index is -0.0206. The molecule has 1 unspecified atom stereocenters. The molecule has 2 rings (SSSR count). The number of hydrogen-bond donors (Lipinski definition) is 2. The second-order valence-electron chi connectivity index (χ2n) is 4.66. The van der Waals surface area contributed by atoms with Crippen LogP contribution in [0, 0.1) is 0 Å². The van der Waals surface area contributed by atoms with E-state index in [9.17, 15) is 4.79 Å². The molecule has 0 aliphatic heterocycles. The van der Waals surface area contributed by atoms with Gasteiger partial charge in [0.15, 0.2) is 0 Å². The van der Waals surface area contributed by atoms with Gasteiger partial charge in [-0.05, 0) is 32.3 Å². The van der Waals surface area contributed by atoms with Crippen LogP contribution in [-0.4, -0.2) is 23.0 Å². The van der Waals surface area contributed by atoms with Crippen molar-refractivity contribution in [2.24, 2.45) is 0 Å². The van der Waals surface area contributed by atoms with E-state index in [2.05, 4.69) is 29.5 Å². The number of nitrogens with zero attached hydrogens (tertiary/aromatic N) is 1. The lowest BCUT2D eigenvalue weighted by Gasteiger charge is -2.13. The lowest BCUT2D eigenvalue weighted by atomic mass is 10.2. The molecule has 0 aromatic carbocycles. The summed E-state index contributed by atoms with van der Waals surface area (Å²) < 4.78 is 0. The lowest BCUT2D eigenvalue weighted by molar-refractivity contribution is 0.0950. The molecule has 0 bridgehead atoms. The van der Waals surface area contributed by atoms with Crippen molar-refractivity contribution >= 4 is 11.6 Å². The highest BCUT2D eigenvalue weighted by atomic mass is 16.1. The van der Waals surface area contributed by atoms with Crippen molar-refractivity contribution in [3.63, 3.8) is 0 Å². The molecule has 0 saturated heterocycles. The predicted molar refractivity (Wildman–Crippen MR) is 68.1 cm³/mol. The van der Waals surface area contributed by atoms with E-state index in [0.717, 1.165) is 24.9 Å². The number of anilines is 1. The van der Waals surface area contributed by atoms with E-state index < -0.39 is 0 Å². The van der Waals surface area contributed by atoms with Crippen molar-refractivity contribution in [3.8, 4) is 0 Å². The van der Waals surface area contributed by atoms with Crippen LogP contribution >= 0.6 is 0 Å². The van der Waals surface area contributed by atoms with E-state index in [-0.39, 0.29) is 5.91 Å². The first-order chi connectivity index (χ1) is 8.19. The van der Waals surface area contributed by atoms with E-state index in [1.165, 1.54) is 0 Å². The van der Waals surface area contributed by atoms with Crippen LogP contribution in [-0.2, 0) is 0 Å². The van der Waals surface area contributed by atoms with Gasteiger partial charge in [0.25, 0.3) is 5.91 Å². The molecule has 1 aromatic heterocycles. The first-order valence-corrected chi connectivity index (χ1v) is 6.21. The molecule has 0 spiro atoms. The molecule has 1 aromatic rings. The molecule has 1 fully saturated rings. The smallest absolute Gasteiger partial charge is 0.253 e. The van der Waals surface area contributed by atoms with Crippen LogP contribution in [0.2, 0.25) is 0 Å². The van der Waals surface area contributed by atoms with Gasteiger partial charge >= 0.3 is 0 Å². The molecule has 1 aliphatic rings. The molecule has 1 aliphatic carbocycles. The van der Waals surface area contributed by atoms with Crippen molar-refractivity contribution in [2.75, 3.05) is 5.32 Å². The zero-order valence-electron chi connectivity index (χ0n) is 10.4. The van der Waals surface area contributed by atoms with E-state index in [0.29, 0.717) is 17.6 Å². The number of pyridine rings is 1. The van der Waals surface area contributed by atoms with Gasteiger partial charge in [-0.25, -0.2) is 0 Å². The van der Waals surface area contributed by atoms with Crippen LogP contribution in [0.4, 0.5) is 5.69 Å². The number of amides is 1. The van der Waals surface area contributed by atoms with Crippen LogP contribution in [0.5, 0.6) is 0 Å². The number of aromatic nitrogens is 1. The molecule has 0 radical (unpaired) electrons. The first-order valence-electron chi connectivity index (χ1n) is 6.21. The van der Waals surface area contributed by atoms with Gasteiger partial charge in [0.2, 0.25) is 0 Å². The van der Waals surface area contributed by atoms with Gasteiger partial charge < -0.3 is 10.6 Å². The minimum absolute atomic E-state index is 0.0206. The third-order valence-electron chi connectivity index (χ3n) is 2.94. The van der Waals surface area contributed by atoms with Crippen molar-refractivity contribution in [3.05, 3.63) is 24.0 Å². The van der Waals surface area contributed by atoms with Crippen LogP contribution < -0.4 is 10.6 Å². The molecule has 2 N–H and O–H groups in total. The van der Waals surface area contributed by atoms with E-state index in [1.807, 2.05) is 6.07 Å².